The summed E-state index contributed by atoms with van der Waals surface area (Å²) in [4.78, 5) is 4.92. The highest BCUT2D eigenvalue weighted by Crippen LogP contribution is 2.51. The largest absolute Gasteiger partial charge is 0.305 e. The molecule has 0 aliphatic heterocycles. The first-order valence-electron chi connectivity index (χ1n) is 8.42. The average Bonchev–Trinajstić information content (AvgIpc) is 2.08. The molecule has 0 radical (unpaired) electrons. The molecule has 0 aromatic rings. The third-order valence-electron chi connectivity index (χ3n) is 4.38. The first-order chi connectivity index (χ1) is 9.11. The van der Waals surface area contributed by atoms with Crippen LogP contribution in [0.1, 0.15) is 88.5 Å². The Balaban J connectivity index is 5.35. The Hall–Kier alpha value is -0.0800. The molecule has 0 aromatic carbocycles. The maximum atomic E-state index is 5.32. The minimum atomic E-state index is 0.269. The van der Waals surface area contributed by atoms with E-state index in [1.807, 2.05) is 0 Å². The molecule has 0 amide bonds. The van der Waals surface area contributed by atoms with Crippen molar-refractivity contribution in [3.05, 3.63) is 0 Å². The van der Waals surface area contributed by atoms with Crippen LogP contribution in [0.15, 0.2) is 0 Å². The zero-order chi connectivity index (χ0) is 17.1. The van der Waals surface area contributed by atoms with Crippen molar-refractivity contribution in [3.8, 4) is 0 Å². The monoisotopic (exact) mass is 299 g/mol. The molecular formula is C19H41NO. The van der Waals surface area contributed by atoms with Crippen molar-refractivity contribution in [1.29, 1.82) is 0 Å². The highest BCUT2D eigenvalue weighted by molar-refractivity contribution is 4.93. The Labute approximate surface area is 134 Å². The van der Waals surface area contributed by atoms with Gasteiger partial charge in [-0.2, -0.15) is 0 Å². The SMILES string of the molecule is CC(C)(C)CC(C)(C)C(CCON)C(C)(C)CC(C)(C)C. The molecule has 0 unspecified atom stereocenters. The summed E-state index contributed by atoms with van der Waals surface area (Å²) in [6.45, 7) is 24.3. The van der Waals surface area contributed by atoms with E-state index in [0.717, 1.165) is 6.42 Å². The highest BCUT2D eigenvalue weighted by atomic mass is 16.6. The molecule has 0 saturated carbocycles. The van der Waals surface area contributed by atoms with E-state index in [-0.39, 0.29) is 10.8 Å². The second-order valence-corrected chi connectivity index (χ2v) is 10.7. The van der Waals surface area contributed by atoms with Crippen molar-refractivity contribution in [2.24, 2.45) is 33.5 Å². The zero-order valence-electron chi connectivity index (χ0n) is 16.4. The summed E-state index contributed by atoms with van der Waals surface area (Å²) in [5.41, 5.74) is 1.21. The second kappa shape index (κ2) is 7.00. The third-order valence-corrected chi connectivity index (χ3v) is 4.38. The van der Waals surface area contributed by atoms with Crippen molar-refractivity contribution in [1.82, 2.24) is 0 Å². The van der Waals surface area contributed by atoms with Gasteiger partial charge in [0.2, 0.25) is 0 Å². The van der Waals surface area contributed by atoms with Gasteiger partial charge < -0.3 is 4.84 Å². The molecule has 128 valence electrons. The van der Waals surface area contributed by atoms with Crippen LogP contribution in [0.25, 0.3) is 0 Å². The highest BCUT2D eigenvalue weighted by Gasteiger charge is 2.43. The fourth-order valence-electron chi connectivity index (χ4n) is 5.01. The molecule has 0 saturated heterocycles. The van der Waals surface area contributed by atoms with Crippen molar-refractivity contribution < 1.29 is 4.84 Å². The van der Waals surface area contributed by atoms with E-state index in [1.54, 1.807) is 0 Å². The molecule has 2 nitrogen and oxygen atoms in total. The van der Waals surface area contributed by atoms with Crippen LogP contribution < -0.4 is 5.90 Å². The molecule has 0 bridgehead atoms. The predicted octanol–water partition coefficient (Wildman–Crippen LogP) is 5.81. The lowest BCUT2D eigenvalue weighted by molar-refractivity contribution is -0.0128. The molecule has 2 N–H and O–H groups in total. The van der Waals surface area contributed by atoms with E-state index in [4.69, 9.17) is 10.7 Å². The standard InChI is InChI=1S/C19H41NO/c1-16(2,3)13-18(7,8)15(11-12-21-20)19(9,10)14-17(4,5)6/h15H,11-14,20H2,1-10H3. The second-order valence-electron chi connectivity index (χ2n) is 10.7. The van der Waals surface area contributed by atoms with E-state index < -0.39 is 0 Å². The lowest BCUT2D eigenvalue weighted by Gasteiger charge is -2.49. The minimum absolute atomic E-state index is 0.269. The average molecular weight is 300 g/mol. The summed E-state index contributed by atoms with van der Waals surface area (Å²) >= 11 is 0. The lowest BCUT2D eigenvalue weighted by Crippen LogP contribution is -2.41. The molecule has 0 atom stereocenters. The first kappa shape index (κ1) is 20.9. The van der Waals surface area contributed by atoms with Crippen LogP contribution in [0.3, 0.4) is 0 Å². The molecule has 2 heteroatoms. The number of hydrogen-bond acceptors (Lipinski definition) is 2. The van der Waals surface area contributed by atoms with E-state index in [2.05, 4.69) is 69.2 Å². The Kier molecular flexibility index (Phi) is 6.97. The predicted molar refractivity (Wildman–Crippen MR) is 94.0 cm³/mol. The van der Waals surface area contributed by atoms with Gasteiger partial charge in [-0.1, -0.05) is 69.2 Å². The fraction of sp³-hybridized carbons (Fsp3) is 1.00. The van der Waals surface area contributed by atoms with Crippen molar-refractivity contribution in [2.75, 3.05) is 6.61 Å². The molecule has 0 aromatic heterocycles. The Morgan fingerprint density at radius 3 is 1.29 bits per heavy atom. The van der Waals surface area contributed by atoms with Crippen LogP contribution in [0.2, 0.25) is 0 Å². The Morgan fingerprint density at radius 1 is 0.714 bits per heavy atom. The summed E-state index contributed by atoms with van der Waals surface area (Å²) in [5, 5.41) is 0. The quantitative estimate of drug-likeness (QED) is 0.602. The Bertz CT molecular complexity index is 277. The van der Waals surface area contributed by atoms with Crippen LogP contribution in [0.4, 0.5) is 0 Å². The van der Waals surface area contributed by atoms with Crippen molar-refractivity contribution >= 4 is 0 Å². The van der Waals surface area contributed by atoms with Gasteiger partial charge in [0.25, 0.3) is 0 Å². The van der Waals surface area contributed by atoms with Gasteiger partial charge in [0.15, 0.2) is 0 Å². The summed E-state index contributed by atoms with van der Waals surface area (Å²) < 4.78 is 0. The Morgan fingerprint density at radius 2 is 1.05 bits per heavy atom. The van der Waals surface area contributed by atoms with Gasteiger partial charge in [-0.05, 0) is 46.8 Å². The van der Waals surface area contributed by atoms with E-state index in [0.29, 0.717) is 23.4 Å². The van der Waals surface area contributed by atoms with E-state index in [1.165, 1.54) is 12.8 Å². The molecule has 21 heavy (non-hydrogen) atoms. The van der Waals surface area contributed by atoms with Gasteiger partial charge in [-0.15, -0.1) is 0 Å². The number of nitrogens with two attached hydrogens (primary N) is 1. The maximum absolute atomic E-state index is 5.32. The summed E-state index contributed by atoms with van der Waals surface area (Å²) in [6.07, 6.45) is 3.45. The number of rotatable bonds is 7. The molecule has 0 heterocycles. The normalized spacial score (nSPS) is 14.9. The van der Waals surface area contributed by atoms with Crippen LogP contribution >= 0.6 is 0 Å². The van der Waals surface area contributed by atoms with Gasteiger partial charge in [-0.25, -0.2) is 5.90 Å². The summed E-state index contributed by atoms with van der Waals surface area (Å²) in [6, 6.07) is 0. The maximum Gasteiger partial charge on any atom is 0.0682 e. The topological polar surface area (TPSA) is 35.2 Å². The smallest absolute Gasteiger partial charge is 0.0682 e. The fourth-order valence-corrected chi connectivity index (χ4v) is 5.01. The van der Waals surface area contributed by atoms with Gasteiger partial charge >= 0.3 is 0 Å². The molecule has 0 spiro atoms. The van der Waals surface area contributed by atoms with Crippen LogP contribution in [-0.2, 0) is 4.84 Å². The van der Waals surface area contributed by atoms with Crippen molar-refractivity contribution in [3.63, 3.8) is 0 Å². The van der Waals surface area contributed by atoms with E-state index in [9.17, 15) is 0 Å². The molecular weight excluding hydrogens is 258 g/mol. The summed E-state index contributed by atoms with van der Waals surface area (Å²) in [5.74, 6) is 5.91. The van der Waals surface area contributed by atoms with Gasteiger partial charge in [0.1, 0.15) is 0 Å². The summed E-state index contributed by atoms with van der Waals surface area (Å²) in [7, 11) is 0. The van der Waals surface area contributed by atoms with Gasteiger partial charge in [0, 0.05) is 0 Å². The zero-order valence-corrected chi connectivity index (χ0v) is 16.4. The van der Waals surface area contributed by atoms with Gasteiger partial charge in [0.05, 0.1) is 6.61 Å². The van der Waals surface area contributed by atoms with Crippen LogP contribution in [0, 0.1) is 27.6 Å². The molecule has 0 aliphatic rings. The molecule has 0 rings (SSSR count). The van der Waals surface area contributed by atoms with Crippen LogP contribution in [-0.4, -0.2) is 6.61 Å². The van der Waals surface area contributed by atoms with E-state index >= 15 is 0 Å². The lowest BCUT2D eigenvalue weighted by atomic mass is 9.56. The molecule has 0 fully saturated rings. The molecule has 0 aliphatic carbocycles. The minimum Gasteiger partial charge on any atom is -0.305 e. The van der Waals surface area contributed by atoms with Gasteiger partial charge in [-0.3, -0.25) is 0 Å². The van der Waals surface area contributed by atoms with Crippen LogP contribution in [0.5, 0.6) is 0 Å². The number of hydrogen-bond donors (Lipinski definition) is 1. The third kappa shape index (κ3) is 8.21. The first-order valence-corrected chi connectivity index (χ1v) is 8.42. The van der Waals surface area contributed by atoms with Crippen molar-refractivity contribution in [2.45, 2.75) is 88.5 Å².